The summed E-state index contributed by atoms with van der Waals surface area (Å²) in [4.78, 5) is 10.8. The summed E-state index contributed by atoms with van der Waals surface area (Å²) in [6, 6.07) is 0. The Balaban J connectivity index is 2.09. The minimum Gasteiger partial charge on any atom is -0.381 e. The average molecular weight is 192 g/mol. The number of carbonyl (C=O) groups is 1. The van der Waals surface area contributed by atoms with Gasteiger partial charge in [-0.25, -0.2) is 0 Å². The van der Waals surface area contributed by atoms with Gasteiger partial charge < -0.3 is 10.1 Å². The minimum atomic E-state index is -0.0951. The molecular formula is C8H14ClNO2. The van der Waals surface area contributed by atoms with Crippen LogP contribution in [0.5, 0.6) is 0 Å². The molecule has 1 aliphatic rings. The molecule has 0 aromatic rings. The fourth-order valence-electron chi connectivity index (χ4n) is 1.27. The van der Waals surface area contributed by atoms with Crippen molar-refractivity contribution in [2.75, 3.05) is 25.6 Å². The summed E-state index contributed by atoms with van der Waals surface area (Å²) in [5.41, 5.74) is 0. The van der Waals surface area contributed by atoms with Crippen molar-refractivity contribution < 1.29 is 9.53 Å². The van der Waals surface area contributed by atoms with Gasteiger partial charge in [0.15, 0.2) is 0 Å². The third-order valence-corrected chi connectivity index (χ3v) is 2.21. The van der Waals surface area contributed by atoms with Crippen LogP contribution in [0.1, 0.15) is 12.8 Å². The van der Waals surface area contributed by atoms with Gasteiger partial charge in [0.05, 0.1) is 6.61 Å². The number of ether oxygens (including phenoxy) is 1. The van der Waals surface area contributed by atoms with Crippen molar-refractivity contribution in [2.24, 2.45) is 5.92 Å². The van der Waals surface area contributed by atoms with E-state index >= 15 is 0 Å². The molecule has 1 aliphatic heterocycles. The number of halogens is 1. The molecule has 0 aromatic heterocycles. The summed E-state index contributed by atoms with van der Waals surface area (Å²) in [6.45, 7) is 2.33. The van der Waals surface area contributed by atoms with Crippen molar-refractivity contribution in [2.45, 2.75) is 12.8 Å². The molecule has 1 atom stereocenters. The van der Waals surface area contributed by atoms with E-state index in [2.05, 4.69) is 5.32 Å². The van der Waals surface area contributed by atoms with E-state index in [1.54, 1.807) is 0 Å². The number of nitrogens with one attached hydrogen (secondary N) is 1. The lowest BCUT2D eigenvalue weighted by molar-refractivity contribution is -0.119. The second kappa shape index (κ2) is 5.38. The van der Waals surface area contributed by atoms with Crippen LogP contribution in [0.25, 0.3) is 0 Å². The van der Waals surface area contributed by atoms with Crippen LogP contribution in [0, 0.1) is 5.92 Å². The minimum absolute atomic E-state index is 0.0492. The van der Waals surface area contributed by atoms with Gasteiger partial charge in [0.1, 0.15) is 5.88 Å². The highest BCUT2D eigenvalue weighted by molar-refractivity contribution is 6.27. The van der Waals surface area contributed by atoms with Crippen molar-refractivity contribution in [3.8, 4) is 0 Å². The van der Waals surface area contributed by atoms with Crippen LogP contribution in [0.15, 0.2) is 0 Å². The van der Waals surface area contributed by atoms with Crippen molar-refractivity contribution in [3.05, 3.63) is 0 Å². The first-order chi connectivity index (χ1) is 5.83. The van der Waals surface area contributed by atoms with Gasteiger partial charge in [-0.3, -0.25) is 4.79 Å². The Morgan fingerprint density at radius 1 is 1.67 bits per heavy atom. The van der Waals surface area contributed by atoms with Crippen LogP contribution in [-0.2, 0) is 9.53 Å². The van der Waals surface area contributed by atoms with E-state index in [-0.39, 0.29) is 11.8 Å². The smallest absolute Gasteiger partial charge is 0.234 e. The molecule has 0 radical (unpaired) electrons. The van der Waals surface area contributed by atoms with Crippen LogP contribution in [0.2, 0.25) is 0 Å². The Hall–Kier alpha value is -0.280. The maximum atomic E-state index is 10.8. The van der Waals surface area contributed by atoms with Crippen LogP contribution < -0.4 is 5.32 Å². The van der Waals surface area contributed by atoms with E-state index in [0.29, 0.717) is 12.5 Å². The van der Waals surface area contributed by atoms with Crippen molar-refractivity contribution in [3.63, 3.8) is 0 Å². The third-order valence-electron chi connectivity index (χ3n) is 1.96. The molecule has 70 valence electrons. The fraction of sp³-hybridized carbons (Fsp3) is 0.875. The predicted octanol–water partition coefficient (Wildman–Crippen LogP) is 0.768. The highest BCUT2D eigenvalue weighted by atomic mass is 35.5. The Morgan fingerprint density at radius 2 is 2.50 bits per heavy atom. The van der Waals surface area contributed by atoms with Gasteiger partial charge in [0, 0.05) is 13.2 Å². The Bertz CT molecular complexity index is 146. The molecule has 1 heterocycles. The molecule has 0 saturated carbocycles. The topological polar surface area (TPSA) is 38.3 Å². The zero-order valence-corrected chi connectivity index (χ0v) is 7.77. The molecule has 1 rings (SSSR count). The van der Waals surface area contributed by atoms with Crippen LogP contribution >= 0.6 is 11.6 Å². The van der Waals surface area contributed by atoms with Gasteiger partial charge in [-0.2, -0.15) is 0 Å². The lowest BCUT2D eigenvalue weighted by atomic mass is 10.0. The first-order valence-electron chi connectivity index (χ1n) is 4.23. The number of hydrogen-bond acceptors (Lipinski definition) is 2. The van der Waals surface area contributed by atoms with E-state index in [9.17, 15) is 4.79 Å². The van der Waals surface area contributed by atoms with Gasteiger partial charge in [0.25, 0.3) is 0 Å². The van der Waals surface area contributed by atoms with E-state index < -0.39 is 0 Å². The van der Waals surface area contributed by atoms with Crippen molar-refractivity contribution >= 4 is 17.5 Å². The van der Waals surface area contributed by atoms with Gasteiger partial charge >= 0.3 is 0 Å². The van der Waals surface area contributed by atoms with E-state index in [1.807, 2.05) is 0 Å². The number of amides is 1. The lowest BCUT2D eigenvalue weighted by Crippen LogP contribution is -2.33. The monoisotopic (exact) mass is 191 g/mol. The first-order valence-corrected chi connectivity index (χ1v) is 4.77. The number of rotatable bonds is 3. The molecule has 1 fully saturated rings. The van der Waals surface area contributed by atoms with Crippen molar-refractivity contribution in [1.82, 2.24) is 5.32 Å². The predicted molar refractivity (Wildman–Crippen MR) is 47.3 cm³/mol. The standard InChI is InChI=1S/C8H14ClNO2/c9-4-8(11)10-5-7-2-1-3-12-6-7/h7H,1-6H2,(H,10,11). The zero-order valence-electron chi connectivity index (χ0n) is 7.01. The third kappa shape index (κ3) is 3.41. The molecule has 0 bridgehead atoms. The number of alkyl halides is 1. The Morgan fingerprint density at radius 3 is 3.08 bits per heavy atom. The average Bonchev–Trinajstić information content (AvgIpc) is 2.16. The van der Waals surface area contributed by atoms with Crippen LogP contribution in [-0.4, -0.2) is 31.5 Å². The Kier molecular flexibility index (Phi) is 4.40. The lowest BCUT2D eigenvalue weighted by Gasteiger charge is -2.21. The highest BCUT2D eigenvalue weighted by Gasteiger charge is 2.13. The molecule has 0 spiro atoms. The molecule has 3 nitrogen and oxygen atoms in total. The maximum absolute atomic E-state index is 10.8. The summed E-state index contributed by atoms with van der Waals surface area (Å²) < 4.78 is 5.26. The fourth-order valence-corrected chi connectivity index (χ4v) is 1.37. The Labute approximate surface area is 77.4 Å². The van der Waals surface area contributed by atoms with Crippen LogP contribution in [0.3, 0.4) is 0 Å². The summed E-state index contributed by atoms with van der Waals surface area (Å²) in [5, 5.41) is 2.75. The normalized spacial score (nSPS) is 23.6. The molecular weight excluding hydrogens is 178 g/mol. The SMILES string of the molecule is O=C(CCl)NCC1CCCOC1. The molecule has 0 aliphatic carbocycles. The summed E-state index contributed by atoms with van der Waals surface area (Å²) in [5.74, 6) is 0.432. The second-order valence-electron chi connectivity index (χ2n) is 3.02. The maximum Gasteiger partial charge on any atom is 0.234 e. The molecule has 12 heavy (non-hydrogen) atoms. The van der Waals surface area contributed by atoms with Gasteiger partial charge in [0.2, 0.25) is 5.91 Å². The molecule has 4 heteroatoms. The molecule has 1 amide bonds. The largest absolute Gasteiger partial charge is 0.381 e. The number of carbonyl (C=O) groups excluding carboxylic acids is 1. The molecule has 1 N–H and O–H groups in total. The van der Waals surface area contributed by atoms with E-state index in [4.69, 9.17) is 16.3 Å². The van der Waals surface area contributed by atoms with E-state index in [0.717, 1.165) is 26.1 Å². The summed E-state index contributed by atoms with van der Waals surface area (Å²) in [7, 11) is 0. The quantitative estimate of drug-likeness (QED) is 0.670. The van der Waals surface area contributed by atoms with Crippen molar-refractivity contribution in [1.29, 1.82) is 0 Å². The molecule has 1 unspecified atom stereocenters. The van der Waals surface area contributed by atoms with Gasteiger partial charge in [-0.1, -0.05) is 0 Å². The summed E-state index contributed by atoms with van der Waals surface area (Å²) in [6.07, 6.45) is 2.24. The number of hydrogen-bond donors (Lipinski definition) is 1. The molecule has 1 saturated heterocycles. The van der Waals surface area contributed by atoms with Gasteiger partial charge in [-0.15, -0.1) is 11.6 Å². The van der Waals surface area contributed by atoms with E-state index in [1.165, 1.54) is 0 Å². The van der Waals surface area contributed by atoms with Crippen LogP contribution in [0.4, 0.5) is 0 Å². The summed E-state index contributed by atoms with van der Waals surface area (Å²) >= 11 is 5.33. The zero-order chi connectivity index (χ0) is 8.81. The molecule has 0 aromatic carbocycles. The van der Waals surface area contributed by atoms with Gasteiger partial charge in [-0.05, 0) is 18.8 Å². The first kappa shape index (κ1) is 9.81. The highest BCUT2D eigenvalue weighted by Crippen LogP contribution is 2.11. The second-order valence-corrected chi connectivity index (χ2v) is 3.29.